The van der Waals surface area contributed by atoms with Gasteiger partial charge in [-0.05, 0) is 32.4 Å². The van der Waals surface area contributed by atoms with Gasteiger partial charge >= 0.3 is 5.97 Å². The van der Waals surface area contributed by atoms with E-state index in [1.165, 1.54) is 0 Å². The largest absolute Gasteiger partial charge is 0.477 e. The smallest absolute Gasteiger partial charge is 0.347 e. The molecule has 116 valence electrons. The molecule has 1 aromatic heterocycles. The first kappa shape index (κ1) is 16.2. The number of aromatic carboxylic acids is 1. The van der Waals surface area contributed by atoms with Gasteiger partial charge in [0.05, 0.1) is 11.2 Å². The van der Waals surface area contributed by atoms with Gasteiger partial charge in [-0.2, -0.15) is 0 Å². The Kier molecular flexibility index (Phi) is 4.61. The highest BCUT2D eigenvalue weighted by Gasteiger charge is 2.32. The van der Waals surface area contributed by atoms with E-state index in [9.17, 15) is 9.59 Å². The highest BCUT2D eigenvalue weighted by molar-refractivity contribution is 7.13. The molecule has 6 heteroatoms. The molecule has 0 saturated carbocycles. The molecule has 0 fully saturated rings. The normalized spacial score (nSPS) is 13.4. The lowest BCUT2D eigenvalue weighted by atomic mass is 9.99. The lowest BCUT2D eigenvalue weighted by molar-refractivity contribution is 0.0700. The van der Waals surface area contributed by atoms with E-state index in [1.807, 2.05) is 19.9 Å². The molecule has 1 atom stereocenters. The van der Waals surface area contributed by atoms with Crippen molar-refractivity contribution in [1.82, 2.24) is 10.3 Å². The molecule has 1 amide bonds. The van der Waals surface area contributed by atoms with Crippen LogP contribution < -0.4 is 5.32 Å². The number of amides is 1. The van der Waals surface area contributed by atoms with Crippen LogP contribution in [-0.2, 0) is 5.54 Å². The SMILES string of the molecule is CCC(C)(NC(=O)c1ccccc1)c1nc(C)c(C(=O)O)s1. The van der Waals surface area contributed by atoms with E-state index in [2.05, 4.69) is 10.3 Å². The van der Waals surface area contributed by atoms with Gasteiger partial charge in [-0.3, -0.25) is 4.79 Å². The third-order valence-electron chi connectivity index (χ3n) is 3.60. The quantitative estimate of drug-likeness (QED) is 0.887. The second kappa shape index (κ2) is 6.27. The minimum Gasteiger partial charge on any atom is -0.477 e. The Balaban J connectivity index is 2.31. The molecule has 0 aliphatic rings. The first-order chi connectivity index (χ1) is 10.4. The lowest BCUT2D eigenvalue weighted by Crippen LogP contribution is -2.43. The molecule has 0 aliphatic carbocycles. The summed E-state index contributed by atoms with van der Waals surface area (Å²) in [6.07, 6.45) is 0.609. The number of benzene rings is 1. The molecule has 0 bridgehead atoms. The van der Waals surface area contributed by atoms with Gasteiger partial charge in [0.1, 0.15) is 9.88 Å². The zero-order valence-electron chi connectivity index (χ0n) is 12.7. The first-order valence-electron chi connectivity index (χ1n) is 6.96. The first-order valence-corrected chi connectivity index (χ1v) is 7.78. The molecule has 2 aromatic rings. The number of rotatable bonds is 5. The number of carboxylic acids is 1. The predicted molar refractivity (Wildman–Crippen MR) is 85.4 cm³/mol. The number of nitrogens with one attached hydrogen (secondary N) is 1. The molecule has 1 heterocycles. The van der Waals surface area contributed by atoms with Crippen molar-refractivity contribution in [2.24, 2.45) is 0 Å². The van der Waals surface area contributed by atoms with Crippen LogP contribution in [0.25, 0.3) is 0 Å². The van der Waals surface area contributed by atoms with Crippen LogP contribution in [0, 0.1) is 6.92 Å². The molecule has 1 aromatic carbocycles. The van der Waals surface area contributed by atoms with E-state index in [0.717, 1.165) is 11.3 Å². The number of thiazole rings is 1. The zero-order valence-corrected chi connectivity index (χ0v) is 13.5. The van der Waals surface area contributed by atoms with Crippen LogP contribution in [0.1, 0.15) is 51.0 Å². The fourth-order valence-corrected chi connectivity index (χ4v) is 3.11. The van der Waals surface area contributed by atoms with Crippen molar-refractivity contribution in [2.75, 3.05) is 0 Å². The highest BCUT2D eigenvalue weighted by Crippen LogP contribution is 2.31. The van der Waals surface area contributed by atoms with Crippen LogP contribution in [0.4, 0.5) is 0 Å². The van der Waals surface area contributed by atoms with Crippen LogP contribution in [0.2, 0.25) is 0 Å². The average Bonchev–Trinajstić information content (AvgIpc) is 2.91. The summed E-state index contributed by atoms with van der Waals surface area (Å²) in [5, 5.41) is 12.7. The summed E-state index contributed by atoms with van der Waals surface area (Å²) in [6, 6.07) is 8.92. The molecular weight excluding hydrogens is 300 g/mol. The molecule has 0 saturated heterocycles. The number of aromatic nitrogens is 1. The van der Waals surface area contributed by atoms with Crippen molar-refractivity contribution in [2.45, 2.75) is 32.7 Å². The number of carbonyl (C=O) groups excluding carboxylic acids is 1. The summed E-state index contributed by atoms with van der Waals surface area (Å²) >= 11 is 1.11. The Morgan fingerprint density at radius 3 is 2.45 bits per heavy atom. The fourth-order valence-electron chi connectivity index (χ4n) is 2.04. The number of nitrogens with zero attached hydrogens (tertiary/aromatic N) is 1. The van der Waals surface area contributed by atoms with Gasteiger partial charge in [-0.15, -0.1) is 11.3 Å². The Morgan fingerprint density at radius 1 is 1.32 bits per heavy atom. The molecule has 0 aliphatic heterocycles. The minimum atomic E-state index is -0.992. The third-order valence-corrected chi connectivity index (χ3v) is 5.00. The van der Waals surface area contributed by atoms with Crippen molar-refractivity contribution < 1.29 is 14.7 Å². The van der Waals surface area contributed by atoms with Gasteiger partial charge in [0.15, 0.2) is 0 Å². The number of aryl methyl sites for hydroxylation is 1. The summed E-state index contributed by atoms with van der Waals surface area (Å²) < 4.78 is 0. The van der Waals surface area contributed by atoms with Crippen LogP contribution in [0.3, 0.4) is 0 Å². The maximum absolute atomic E-state index is 12.4. The molecule has 22 heavy (non-hydrogen) atoms. The van der Waals surface area contributed by atoms with E-state index in [-0.39, 0.29) is 10.8 Å². The zero-order chi connectivity index (χ0) is 16.3. The van der Waals surface area contributed by atoms with E-state index in [0.29, 0.717) is 22.7 Å². The minimum absolute atomic E-state index is 0.199. The van der Waals surface area contributed by atoms with Gasteiger partial charge in [0.25, 0.3) is 5.91 Å². The summed E-state index contributed by atoms with van der Waals surface area (Å²) in [4.78, 5) is 28.1. The van der Waals surface area contributed by atoms with Crippen molar-refractivity contribution in [3.05, 3.63) is 51.5 Å². The monoisotopic (exact) mass is 318 g/mol. The molecule has 5 nitrogen and oxygen atoms in total. The van der Waals surface area contributed by atoms with Gasteiger partial charge in [0, 0.05) is 5.56 Å². The molecule has 2 N–H and O–H groups in total. The van der Waals surface area contributed by atoms with Crippen LogP contribution in [0.5, 0.6) is 0 Å². The van der Waals surface area contributed by atoms with Crippen LogP contribution in [-0.4, -0.2) is 22.0 Å². The van der Waals surface area contributed by atoms with Crippen LogP contribution >= 0.6 is 11.3 Å². The van der Waals surface area contributed by atoms with E-state index >= 15 is 0 Å². The predicted octanol–water partition coefficient (Wildman–Crippen LogP) is 3.20. The highest BCUT2D eigenvalue weighted by atomic mass is 32.1. The summed E-state index contributed by atoms with van der Waals surface area (Å²) in [5.74, 6) is -1.19. The summed E-state index contributed by atoms with van der Waals surface area (Å²) in [6.45, 7) is 5.46. The standard InChI is InChI=1S/C16H18N2O3S/c1-4-16(3,15-17-10(2)12(22-15)14(20)21)18-13(19)11-8-6-5-7-9-11/h5-9H,4H2,1-3H3,(H,18,19)(H,20,21). The molecular formula is C16H18N2O3S. The van der Waals surface area contributed by atoms with Crippen molar-refractivity contribution in [1.29, 1.82) is 0 Å². The van der Waals surface area contributed by atoms with Crippen molar-refractivity contribution >= 4 is 23.2 Å². The van der Waals surface area contributed by atoms with Crippen LogP contribution in [0.15, 0.2) is 30.3 Å². The Morgan fingerprint density at radius 2 is 1.95 bits per heavy atom. The second-order valence-electron chi connectivity index (χ2n) is 5.24. The number of hydrogen-bond donors (Lipinski definition) is 2. The maximum atomic E-state index is 12.4. The van der Waals surface area contributed by atoms with Gasteiger partial charge in [-0.25, -0.2) is 9.78 Å². The van der Waals surface area contributed by atoms with Crippen molar-refractivity contribution in [3.63, 3.8) is 0 Å². The Labute approximate surface area is 133 Å². The van der Waals surface area contributed by atoms with E-state index in [1.54, 1.807) is 31.2 Å². The summed E-state index contributed by atoms with van der Waals surface area (Å²) in [7, 11) is 0. The summed E-state index contributed by atoms with van der Waals surface area (Å²) in [5.41, 5.74) is 0.339. The Hall–Kier alpha value is -2.21. The third kappa shape index (κ3) is 3.17. The molecule has 0 spiro atoms. The lowest BCUT2D eigenvalue weighted by Gasteiger charge is -2.27. The topological polar surface area (TPSA) is 79.3 Å². The van der Waals surface area contributed by atoms with E-state index < -0.39 is 11.5 Å². The Bertz CT molecular complexity index is 697. The van der Waals surface area contributed by atoms with Gasteiger partial charge < -0.3 is 10.4 Å². The number of carboxylic acid groups (broad SMARTS) is 1. The second-order valence-corrected chi connectivity index (χ2v) is 6.24. The van der Waals surface area contributed by atoms with Gasteiger partial charge in [0.2, 0.25) is 0 Å². The average molecular weight is 318 g/mol. The van der Waals surface area contributed by atoms with Crippen molar-refractivity contribution in [3.8, 4) is 0 Å². The molecule has 1 unspecified atom stereocenters. The maximum Gasteiger partial charge on any atom is 0.347 e. The fraction of sp³-hybridized carbons (Fsp3) is 0.312. The number of hydrogen-bond acceptors (Lipinski definition) is 4. The number of carbonyl (C=O) groups is 2. The molecule has 2 rings (SSSR count). The molecule has 0 radical (unpaired) electrons. The van der Waals surface area contributed by atoms with E-state index in [4.69, 9.17) is 5.11 Å². The van der Waals surface area contributed by atoms with Gasteiger partial charge in [-0.1, -0.05) is 25.1 Å².